The number of aromatic nitrogens is 2. The predicted octanol–water partition coefficient (Wildman–Crippen LogP) is 2.01. The molecule has 82 valence electrons. The molecule has 1 heterocycles. The van der Waals surface area contributed by atoms with Gasteiger partial charge in [0.15, 0.2) is 5.82 Å². The van der Waals surface area contributed by atoms with Crippen molar-refractivity contribution in [1.82, 2.24) is 9.55 Å². The molecule has 0 bridgehead atoms. The SMILES string of the molecule is Cn1ccnc1C=NNc1cccc(F)c1. The van der Waals surface area contributed by atoms with Crippen LogP contribution in [0.25, 0.3) is 0 Å². The van der Waals surface area contributed by atoms with E-state index in [-0.39, 0.29) is 5.82 Å². The average Bonchev–Trinajstić information content (AvgIpc) is 2.65. The van der Waals surface area contributed by atoms with Gasteiger partial charge in [0.2, 0.25) is 0 Å². The Kier molecular flexibility index (Phi) is 2.95. The van der Waals surface area contributed by atoms with Crippen LogP contribution < -0.4 is 5.43 Å². The van der Waals surface area contributed by atoms with E-state index >= 15 is 0 Å². The molecule has 16 heavy (non-hydrogen) atoms. The first-order valence-electron chi connectivity index (χ1n) is 4.77. The molecule has 0 radical (unpaired) electrons. The molecule has 5 heteroatoms. The van der Waals surface area contributed by atoms with E-state index in [4.69, 9.17) is 0 Å². The van der Waals surface area contributed by atoms with Gasteiger partial charge in [-0.1, -0.05) is 6.07 Å². The van der Waals surface area contributed by atoms with E-state index in [1.54, 1.807) is 24.5 Å². The Morgan fingerprint density at radius 1 is 1.50 bits per heavy atom. The third-order valence-electron chi connectivity index (χ3n) is 2.06. The van der Waals surface area contributed by atoms with Crippen molar-refractivity contribution in [2.75, 3.05) is 5.43 Å². The first-order valence-corrected chi connectivity index (χ1v) is 4.77. The normalized spacial score (nSPS) is 10.9. The second kappa shape index (κ2) is 4.57. The van der Waals surface area contributed by atoms with Crippen LogP contribution in [0.2, 0.25) is 0 Å². The third-order valence-corrected chi connectivity index (χ3v) is 2.06. The van der Waals surface area contributed by atoms with Gasteiger partial charge in [-0.05, 0) is 18.2 Å². The van der Waals surface area contributed by atoms with Crippen LogP contribution in [0.5, 0.6) is 0 Å². The van der Waals surface area contributed by atoms with Gasteiger partial charge in [0.1, 0.15) is 5.82 Å². The van der Waals surface area contributed by atoms with Crippen molar-refractivity contribution in [1.29, 1.82) is 0 Å². The van der Waals surface area contributed by atoms with Gasteiger partial charge in [-0.3, -0.25) is 5.43 Å². The summed E-state index contributed by atoms with van der Waals surface area (Å²) in [4.78, 5) is 4.06. The molecule has 0 saturated heterocycles. The number of nitrogens with one attached hydrogen (secondary N) is 1. The average molecular weight is 218 g/mol. The number of rotatable bonds is 3. The lowest BCUT2D eigenvalue weighted by molar-refractivity contribution is 0.628. The lowest BCUT2D eigenvalue weighted by Crippen LogP contribution is -1.97. The monoisotopic (exact) mass is 218 g/mol. The van der Waals surface area contributed by atoms with Crippen molar-refractivity contribution in [3.05, 3.63) is 48.3 Å². The molecule has 0 saturated carbocycles. The minimum Gasteiger partial charge on any atom is -0.333 e. The first-order chi connectivity index (χ1) is 7.75. The van der Waals surface area contributed by atoms with Crippen LogP contribution in [0.15, 0.2) is 41.8 Å². The molecule has 0 fully saturated rings. The quantitative estimate of drug-likeness (QED) is 0.632. The van der Waals surface area contributed by atoms with Gasteiger partial charge < -0.3 is 4.57 Å². The molecular weight excluding hydrogens is 207 g/mol. The molecule has 4 nitrogen and oxygen atoms in total. The molecule has 1 aromatic heterocycles. The molecule has 0 amide bonds. The summed E-state index contributed by atoms with van der Waals surface area (Å²) in [6, 6.07) is 6.11. The minimum atomic E-state index is -0.294. The largest absolute Gasteiger partial charge is 0.333 e. The molecule has 0 aliphatic heterocycles. The summed E-state index contributed by atoms with van der Waals surface area (Å²) in [5.41, 5.74) is 3.33. The van der Waals surface area contributed by atoms with E-state index in [1.807, 2.05) is 17.8 Å². The maximum Gasteiger partial charge on any atom is 0.152 e. The summed E-state index contributed by atoms with van der Waals surface area (Å²) >= 11 is 0. The van der Waals surface area contributed by atoms with Crippen LogP contribution in [0.4, 0.5) is 10.1 Å². The summed E-state index contributed by atoms with van der Waals surface area (Å²) in [6.07, 6.45) is 5.08. The highest BCUT2D eigenvalue weighted by Crippen LogP contribution is 2.08. The molecule has 0 atom stereocenters. The van der Waals surface area contributed by atoms with Crippen LogP contribution in [0.1, 0.15) is 5.82 Å². The predicted molar refractivity (Wildman–Crippen MR) is 60.8 cm³/mol. The number of anilines is 1. The van der Waals surface area contributed by atoms with E-state index < -0.39 is 0 Å². The van der Waals surface area contributed by atoms with Gasteiger partial charge in [-0.2, -0.15) is 5.10 Å². The van der Waals surface area contributed by atoms with E-state index in [2.05, 4.69) is 15.5 Å². The van der Waals surface area contributed by atoms with Crippen LogP contribution in [0.3, 0.4) is 0 Å². The Morgan fingerprint density at radius 2 is 2.38 bits per heavy atom. The molecule has 0 unspecified atom stereocenters. The summed E-state index contributed by atoms with van der Waals surface area (Å²) in [6.45, 7) is 0. The number of hydrogen-bond acceptors (Lipinski definition) is 3. The number of benzene rings is 1. The number of aryl methyl sites for hydroxylation is 1. The van der Waals surface area contributed by atoms with Gasteiger partial charge in [0.05, 0.1) is 11.9 Å². The number of nitrogens with zero attached hydrogens (tertiary/aromatic N) is 3. The molecule has 1 N–H and O–H groups in total. The molecule has 2 aromatic rings. The van der Waals surface area contributed by atoms with E-state index in [0.29, 0.717) is 5.69 Å². The standard InChI is InChI=1S/C11H11FN4/c1-16-6-5-13-11(16)8-14-15-10-4-2-3-9(12)7-10/h2-8,15H,1H3. The van der Waals surface area contributed by atoms with Crippen LogP contribution in [0, 0.1) is 5.82 Å². The van der Waals surface area contributed by atoms with Crippen molar-refractivity contribution >= 4 is 11.9 Å². The molecule has 1 aromatic carbocycles. The maximum atomic E-state index is 12.8. The lowest BCUT2D eigenvalue weighted by atomic mass is 10.3. The Morgan fingerprint density at radius 3 is 3.06 bits per heavy atom. The van der Waals surface area contributed by atoms with Crippen molar-refractivity contribution < 1.29 is 4.39 Å². The molecular formula is C11H11FN4. The first kappa shape index (κ1) is 10.4. The fraction of sp³-hybridized carbons (Fsp3) is 0.0909. The highest BCUT2D eigenvalue weighted by Gasteiger charge is 1.94. The Labute approximate surface area is 92.4 Å². The summed E-state index contributed by atoms with van der Waals surface area (Å²) < 4.78 is 14.7. The van der Waals surface area contributed by atoms with E-state index in [9.17, 15) is 4.39 Å². The van der Waals surface area contributed by atoms with Crippen molar-refractivity contribution in [3.63, 3.8) is 0 Å². The zero-order valence-corrected chi connectivity index (χ0v) is 8.76. The summed E-state index contributed by atoms with van der Waals surface area (Å²) in [7, 11) is 1.87. The number of halogens is 1. The maximum absolute atomic E-state index is 12.8. The fourth-order valence-electron chi connectivity index (χ4n) is 1.22. The molecule has 2 rings (SSSR count). The summed E-state index contributed by atoms with van der Waals surface area (Å²) in [5, 5.41) is 3.96. The second-order valence-corrected chi connectivity index (χ2v) is 3.28. The summed E-state index contributed by atoms with van der Waals surface area (Å²) in [5.74, 6) is 0.432. The minimum absolute atomic E-state index is 0.294. The highest BCUT2D eigenvalue weighted by molar-refractivity contribution is 5.75. The van der Waals surface area contributed by atoms with Crippen LogP contribution in [-0.2, 0) is 7.05 Å². The number of imidazole rings is 1. The van der Waals surface area contributed by atoms with E-state index in [0.717, 1.165) is 5.82 Å². The molecule has 0 spiro atoms. The number of hydrazone groups is 1. The van der Waals surface area contributed by atoms with Gasteiger partial charge in [-0.15, -0.1) is 0 Å². The highest BCUT2D eigenvalue weighted by atomic mass is 19.1. The Bertz CT molecular complexity index is 504. The van der Waals surface area contributed by atoms with Crippen molar-refractivity contribution in [2.24, 2.45) is 12.1 Å². The van der Waals surface area contributed by atoms with Crippen molar-refractivity contribution in [3.8, 4) is 0 Å². The fourth-order valence-corrected chi connectivity index (χ4v) is 1.22. The molecule has 0 aliphatic carbocycles. The number of hydrogen-bond donors (Lipinski definition) is 1. The van der Waals surface area contributed by atoms with Gasteiger partial charge in [0.25, 0.3) is 0 Å². The zero-order chi connectivity index (χ0) is 11.4. The second-order valence-electron chi connectivity index (χ2n) is 3.28. The topological polar surface area (TPSA) is 42.2 Å². The van der Waals surface area contributed by atoms with Gasteiger partial charge >= 0.3 is 0 Å². The zero-order valence-electron chi connectivity index (χ0n) is 8.76. The van der Waals surface area contributed by atoms with Gasteiger partial charge in [-0.25, -0.2) is 9.37 Å². The van der Waals surface area contributed by atoms with Crippen molar-refractivity contribution in [2.45, 2.75) is 0 Å². The van der Waals surface area contributed by atoms with E-state index in [1.165, 1.54) is 12.1 Å². The lowest BCUT2D eigenvalue weighted by Gasteiger charge is -1.99. The smallest absolute Gasteiger partial charge is 0.152 e. The van der Waals surface area contributed by atoms with Crippen LogP contribution >= 0.6 is 0 Å². The molecule has 0 aliphatic rings. The third kappa shape index (κ3) is 2.44. The Balaban J connectivity index is 2.02. The Hall–Kier alpha value is -2.17. The van der Waals surface area contributed by atoms with Gasteiger partial charge in [0, 0.05) is 19.4 Å². The van der Waals surface area contributed by atoms with Crippen LogP contribution in [-0.4, -0.2) is 15.8 Å².